The molecule has 1 aromatic rings. The quantitative estimate of drug-likeness (QED) is 0.629. The lowest BCUT2D eigenvalue weighted by molar-refractivity contribution is 0.000475. The molecule has 2 aliphatic heterocycles. The lowest BCUT2D eigenvalue weighted by atomic mass is 10.0. The van der Waals surface area contributed by atoms with Crippen LogP contribution in [0.1, 0.15) is 12.8 Å². The van der Waals surface area contributed by atoms with Crippen LogP contribution in [0.15, 0.2) is 39.8 Å². The van der Waals surface area contributed by atoms with Crippen molar-refractivity contribution in [3.63, 3.8) is 0 Å². The van der Waals surface area contributed by atoms with Crippen LogP contribution in [-0.2, 0) is 29.9 Å². The molecule has 162 valence electrons. The Morgan fingerprint density at radius 3 is 2.17 bits per heavy atom. The summed E-state index contributed by atoms with van der Waals surface area (Å²) in [6.07, 6.45) is 2.21. The maximum Gasteiger partial charge on any atom is 0.436 e. The molecule has 0 aliphatic carbocycles. The highest BCUT2D eigenvalue weighted by molar-refractivity contribution is 7.90. The molecule has 10 nitrogen and oxygen atoms in total. The average molecular weight is 448 g/mol. The van der Waals surface area contributed by atoms with Crippen molar-refractivity contribution in [1.29, 1.82) is 0 Å². The second-order valence-corrected chi connectivity index (χ2v) is 9.20. The number of morpholine rings is 1. The molecule has 2 fully saturated rings. The van der Waals surface area contributed by atoms with Gasteiger partial charge in [-0.2, -0.15) is 8.42 Å². The zero-order valence-corrected chi connectivity index (χ0v) is 17.8. The Bertz CT molecular complexity index is 882. The first-order valence-corrected chi connectivity index (χ1v) is 12.0. The predicted molar refractivity (Wildman–Crippen MR) is 104 cm³/mol. The first-order valence-electron chi connectivity index (χ1n) is 9.10. The SMILES string of the molecule is CS(=O)(=O)c1ccccc1.O=C(ON=S(=O)=O)N1CCC(N2CCOCC2)CC1. The molecular weight excluding hydrogens is 422 g/mol. The molecule has 2 aliphatic rings. The summed E-state index contributed by atoms with van der Waals surface area (Å²) < 4.78 is 50.0. The van der Waals surface area contributed by atoms with Gasteiger partial charge in [-0.15, -0.1) is 0 Å². The number of hydrogen-bond donors (Lipinski definition) is 0. The number of sulfone groups is 1. The molecule has 1 aromatic carbocycles. The van der Waals surface area contributed by atoms with Crippen molar-refractivity contribution in [3.8, 4) is 0 Å². The van der Waals surface area contributed by atoms with Crippen LogP contribution in [0.5, 0.6) is 0 Å². The third-order valence-corrected chi connectivity index (χ3v) is 5.96. The molecule has 29 heavy (non-hydrogen) atoms. The zero-order valence-electron chi connectivity index (χ0n) is 16.1. The van der Waals surface area contributed by atoms with E-state index >= 15 is 0 Å². The predicted octanol–water partition coefficient (Wildman–Crippen LogP) is 0.987. The summed E-state index contributed by atoms with van der Waals surface area (Å²) in [5.41, 5.74) is 0. The minimum absolute atomic E-state index is 0.370. The normalized spacial score (nSPS) is 18.3. The third kappa shape index (κ3) is 8.09. The maximum atomic E-state index is 11.5. The van der Waals surface area contributed by atoms with Gasteiger partial charge >= 0.3 is 16.6 Å². The van der Waals surface area contributed by atoms with Gasteiger partial charge < -0.3 is 9.64 Å². The minimum atomic E-state index is -3.00. The van der Waals surface area contributed by atoms with Crippen molar-refractivity contribution in [1.82, 2.24) is 9.80 Å². The largest absolute Gasteiger partial charge is 0.436 e. The number of amides is 1. The molecular formula is C17H25N3O7S2. The van der Waals surface area contributed by atoms with Gasteiger partial charge in [0.05, 0.1) is 22.6 Å². The molecule has 0 radical (unpaired) electrons. The summed E-state index contributed by atoms with van der Waals surface area (Å²) >= 11 is 0. The van der Waals surface area contributed by atoms with E-state index in [0.717, 1.165) is 39.1 Å². The van der Waals surface area contributed by atoms with E-state index in [-0.39, 0.29) is 0 Å². The van der Waals surface area contributed by atoms with E-state index in [1.807, 2.05) is 0 Å². The Labute approximate surface area is 172 Å². The van der Waals surface area contributed by atoms with Crippen LogP contribution >= 0.6 is 0 Å². The van der Waals surface area contributed by atoms with Crippen LogP contribution in [0, 0.1) is 0 Å². The summed E-state index contributed by atoms with van der Waals surface area (Å²) in [4.78, 5) is 20.0. The van der Waals surface area contributed by atoms with Crippen molar-refractivity contribution in [2.75, 3.05) is 45.6 Å². The number of piperidine rings is 1. The zero-order chi connectivity index (χ0) is 21.3. The van der Waals surface area contributed by atoms with E-state index in [1.165, 1.54) is 11.2 Å². The number of nitrogens with zero attached hydrogens (tertiary/aromatic N) is 3. The maximum absolute atomic E-state index is 11.5. The van der Waals surface area contributed by atoms with Gasteiger partial charge in [-0.25, -0.2) is 13.2 Å². The van der Waals surface area contributed by atoms with E-state index in [4.69, 9.17) is 4.74 Å². The van der Waals surface area contributed by atoms with Crippen LogP contribution < -0.4 is 0 Å². The molecule has 12 heteroatoms. The highest BCUT2D eigenvalue weighted by Gasteiger charge is 2.28. The number of carbonyl (C=O) groups excluding carboxylic acids is 1. The fraction of sp³-hybridized carbons (Fsp3) is 0.588. The average Bonchev–Trinajstić information content (AvgIpc) is 2.73. The van der Waals surface area contributed by atoms with E-state index in [0.29, 0.717) is 24.0 Å². The number of carbonyl (C=O) groups is 1. The lowest BCUT2D eigenvalue weighted by Crippen LogP contribution is -2.50. The highest BCUT2D eigenvalue weighted by Crippen LogP contribution is 2.18. The second kappa shape index (κ2) is 11.2. The van der Waals surface area contributed by atoms with E-state index < -0.39 is 26.4 Å². The van der Waals surface area contributed by atoms with Crippen LogP contribution in [0.3, 0.4) is 0 Å². The first-order chi connectivity index (χ1) is 13.8. The summed E-state index contributed by atoms with van der Waals surface area (Å²) in [7, 11) is -5.72. The summed E-state index contributed by atoms with van der Waals surface area (Å²) in [5.74, 6) is 0. The molecule has 0 N–H and O–H groups in total. The number of rotatable bonds is 3. The molecule has 1 amide bonds. The van der Waals surface area contributed by atoms with Crippen molar-refractivity contribution in [3.05, 3.63) is 30.3 Å². The molecule has 2 saturated heterocycles. The topological polar surface area (TPSA) is 123 Å². The standard InChI is InChI=1S/C10H17N3O5S.C7H8O2S/c14-10(18-11-19(15)16)13-3-1-9(2-4-13)12-5-7-17-8-6-12;1-10(8,9)7-5-3-2-4-6-7/h9H,1-8H2;2-6H,1H3. The summed E-state index contributed by atoms with van der Waals surface area (Å²) in [5, 5.41) is 0. The summed E-state index contributed by atoms with van der Waals surface area (Å²) in [6, 6.07) is 8.81. The second-order valence-electron chi connectivity index (χ2n) is 6.60. The van der Waals surface area contributed by atoms with Crippen molar-refractivity contribution < 1.29 is 31.2 Å². The molecule has 0 spiro atoms. The Morgan fingerprint density at radius 1 is 1.10 bits per heavy atom. The van der Waals surface area contributed by atoms with Crippen LogP contribution in [0.25, 0.3) is 0 Å². The number of likely N-dealkylation sites (tertiary alicyclic amines) is 1. The van der Waals surface area contributed by atoms with Crippen molar-refractivity contribution in [2.24, 2.45) is 4.53 Å². The van der Waals surface area contributed by atoms with Crippen LogP contribution in [0.4, 0.5) is 4.79 Å². The van der Waals surface area contributed by atoms with E-state index in [2.05, 4.69) is 14.3 Å². The van der Waals surface area contributed by atoms with E-state index in [1.54, 1.807) is 30.3 Å². The Balaban J connectivity index is 0.000000253. The van der Waals surface area contributed by atoms with Crippen LogP contribution in [-0.4, -0.2) is 84.4 Å². The lowest BCUT2D eigenvalue weighted by Gasteiger charge is -2.39. The van der Waals surface area contributed by atoms with Gasteiger partial charge in [0.15, 0.2) is 9.84 Å². The van der Waals surface area contributed by atoms with Crippen LogP contribution in [0.2, 0.25) is 0 Å². The number of hydrogen-bond acceptors (Lipinski definition) is 9. The summed E-state index contributed by atoms with van der Waals surface area (Å²) in [6.45, 7) is 4.50. The molecule has 0 saturated carbocycles. The fourth-order valence-electron chi connectivity index (χ4n) is 3.14. The fourth-order valence-corrected chi connectivity index (χ4v) is 3.92. The third-order valence-electron chi connectivity index (χ3n) is 4.63. The Morgan fingerprint density at radius 2 is 1.69 bits per heavy atom. The molecule has 2 heterocycles. The highest BCUT2D eigenvalue weighted by atomic mass is 32.2. The van der Waals surface area contributed by atoms with Crippen molar-refractivity contribution in [2.45, 2.75) is 23.8 Å². The number of ether oxygens (including phenoxy) is 1. The van der Waals surface area contributed by atoms with Gasteiger partial charge in [-0.3, -0.25) is 9.74 Å². The smallest absolute Gasteiger partial charge is 0.379 e. The molecule has 0 bridgehead atoms. The van der Waals surface area contributed by atoms with Crippen molar-refractivity contribution >= 4 is 26.4 Å². The van der Waals surface area contributed by atoms with Gasteiger partial charge in [-0.1, -0.05) is 18.2 Å². The number of benzene rings is 1. The van der Waals surface area contributed by atoms with Gasteiger partial charge in [0.25, 0.3) is 0 Å². The monoisotopic (exact) mass is 447 g/mol. The molecule has 0 aromatic heterocycles. The minimum Gasteiger partial charge on any atom is -0.379 e. The molecule has 0 atom stereocenters. The van der Waals surface area contributed by atoms with Gasteiger partial charge in [-0.05, 0) is 25.0 Å². The Kier molecular flexibility index (Phi) is 9.01. The van der Waals surface area contributed by atoms with E-state index in [9.17, 15) is 21.6 Å². The Hall–Kier alpha value is -2.02. The molecule has 3 rings (SSSR count). The first kappa shape index (κ1) is 23.3. The van der Waals surface area contributed by atoms with Gasteiger partial charge in [0, 0.05) is 38.5 Å². The van der Waals surface area contributed by atoms with Gasteiger partial charge in [0.1, 0.15) is 0 Å². The molecule has 0 unspecified atom stereocenters. The van der Waals surface area contributed by atoms with Gasteiger partial charge in [0.2, 0.25) is 0 Å².